The van der Waals surface area contributed by atoms with Crippen LogP contribution in [0.15, 0.2) is 30.6 Å². The van der Waals surface area contributed by atoms with Gasteiger partial charge < -0.3 is 10.1 Å². The Morgan fingerprint density at radius 1 is 1.35 bits per heavy atom. The lowest BCUT2D eigenvalue weighted by atomic mass is 10.2. The first kappa shape index (κ1) is 14.9. The number of nitrogens with zero attached hydrogens (tertiary/aromatic N) is 2. The Kier molecular flexibility index (Phi) is 5.44. The van der Waals surface area contributed by atoms with E-state index in [2.05, 4.69) is 24.3 Å². The zero-order valence-electron chi connectivity index (χ0n) is 11.9. The number of hydrogen-bond acceptors (Lipinski definition) is 3. The lowest BCUT2D eigenvalue weighted by Gasteiger charge is -2.11. The summed E-state index contributed by atoms with van der Waals surface area (Å²) >= 11 is 6.04. The van der Waals surface area contributed by atoms with Crippen molar-refractivity contribution in [2.24, 2.45) is 0 Å². The van der Waals surface area contributed by atoms with Gasteiger partial charge in [-0.3, -0.25) is 4.68 Å². The van der Waals surface area contributed by atoms with Crippen molar-refractivity contribution in [2.45, 2.75) is 33.5 Å². The van der Waals surface area contributed by atoms with Gasteiger partial charge in [0.1, 0.15) is 12.4 Å². The number of hydrogen-bond donors (Lipinski definition) is 1. The molecular weight excluding hydrogens is 274 g/mol. The van der Waals surface area contributed by atoms with Gasteiger partial charge in [0.2, 0.25) is 0 Å². The van der Waals surface area contributed by atoms with Crippen LogP contribution >= 0.6 is 11.6 Å². The molecule has 0 atom stereocenters. The van der Waals surface area contributed by atoms with Crippen LogP contribution in [0.4, 0.5) is 0 Å². The molecule has 2 aromatic rings. The van der Waals surface area contributed by atoms with E-state index in [4.69, 9.17) is 16.3 Å². The molecule has 1 aromatic heterocycles. The van der Waals surface area contributed by atoms with Gasteiger partial charge in [-0.15, -0.1) is 0 Å². The van der Waals surface area contributed by atoms with Crippen LogP contribution < -0.4 is 10.1 Å². The summed E-state index contributed by atoms with van der Waals surface area (Å²) in [5, 5.41) is 8.25. The molecule has 5 heteroatoms. The number of ether oxygens (including phenoxy) is 1. The molecule has 0 aliphatic carbocycles. The molecule has 1 N–H and O–H groups in total. The second-order valence-corrected chi connectivity index (χ2v) is 4.96. The third-order valence-electron chi connectivity index (χ3n) is 2.99. The maximum Gasteiger partial charge on any atom is 0.124 e. The van der Waals surface area contributed by atoms with Crippen molar-refractivity contribution in [1.82, 2.24) is 15.1 Å². The summed E-state index contributed by atoms with van der Waals surface area (Å²) in [5.74, 6) is 0.861. The van der Waals surface area contributed by atoms with Gasteiger partial charge in [0.25, 0.3) is 0 Å². The molecule has 0 aliphatic heterocycles. The average molecular weight is 294 g/mol. The molecule has 1 aromatic carbocycles. The molecule has 1 heterocycles. The predicted molar refractivity (Wildman–Crippen MR) is 81.1 cm³/mol. The zero-order valence-corrected chi connectivity index (χ0v) is 12.7. The molecule has 0 aliphatic rings. The molecule has 0 saturated carbocycles. The van der Waals surface area contributed by atoms with E-state index in [-0.39, 0.29) is 0 Å². The summed E-state index contributed by atoms with van der Waals surface area (Å²) in [6.45, 7) is 7.18. The first-order chi connectivity index (χ1) is 9.72. The van der Waals surface area contributed by atoms with E-state index < -0.39 is 0 Å². The highest BCUT2D eigenvalue weighted by Gasteiger charge is 2.06. The summed E-state index contributed by atoms with van der Waals surface area (Å²) in [6, 6.07) is 5.70. The van der Waals surface area contributed by atoms with Gasteiger partial charge in [0.15, 0.2) is 0 Å². The number of halogens is 1. The number of aryl methyl sites for hydroxylation is 1. The van der Waals surface area contributed by atoms with Crippen LogP contribution in [0.5, 0.6) is 5.75 Å². The Bertz CT molecular complexity index is 554. The van der Waals surface area contributed by atoms with Crippen molar-refractivity contribution in [3.8, 4) is 5.75 Å². The van der Waals surface area contributed by atoms with Gasteiger partial charge in [-0.2, -0.15) is 5.10 Å². The second kappa shape index (κ2) is 7.31. The number of benzene rings is 1. The van der Waals surface area contributed by atoms with Crippen molar-refractivity contribution in [3.05, 3.63) is 46.7 Å². The SMILES string of the molecule is CCNCc1cc(Cl)ccc1OCc1cnn(CC)c1. The molecule has 0 radical (unpaired) electrons. The van der Waals surface area contributed by atoms with E-state index in [0.29, 0.717) is 6.61 Å². The lowest BCUT2D eigenvalue weighted by molar-refractivity contribution is 0.302. The van der Waals surface area contributed by atoms with Crippen LogP contribution in [0.3, 0.4) is 0 Å². The first-order valence-corrected chi connectivity index (χ1v) is 7.24. The van der Waals surface area contributed by atoms with Crippen molar-refractivity contribution >= 4 is 11.6 Å². The quantitative estimate of drug-likeness (QED) is 0.852. The fourth-order valence-corrected chi connectivity index (χ4v) is 2.10. The lowest BCUT2D eigenvalue weighted by Crippen LogP contribution is -2.12. The van der Waals surface area contributed by atoms with E-state index in [1.54, 1.807) is 0 Å². The van der Waals surface area contributed by atoms with E-state index in [1.165, 1.54) is 0 Å². The fourth-order valence-electron chi connectivity index (χ4n) is 1.90. The van der Waals surface area contributed by atoms with E-state index in [1.807, 2.05) is 35.3 Å². The molecule has 108 valence electrons. The highest BCUT2D eigenvalue weighted by molar-refractivity contribution is 6.30. The normalized spacial score (nSPS) is 10.8. The summed E-state index contributed by atoms with van der Waals surface area (Å²) < 4.78 is 7.77. The van der Waals surface area contributed by atoms with Gasteiger partial charge in [0.05, 0.1) is 6.20 Å². The number of rotatable bonds is 7. The summed E-state index contributed by atoms with van der Waals surface area (Å²) in [6.07, 6.45) is 3.84. The van der Waals surface area contributed by atoms with Gasteiger partial charge in [-0.05, 0) is 31.7 Å². The highest BCUT2D eigenvalue weighted by atomic mass is 35.5. The van der Waals surface area contributed by atoms with Gasteiger partial charge in [0, 0.05) is 35.4 Å². The number of aromatic nitrogens is 2. The third kappa shape index (κ3) is 3.99. The minimum atomic E-state index is 0.515. The smallest absolute Gasteiger partial charge is 0.124 e. The Balaban J connectivity index is 2.04. The molecule has 0 spiro atoms. The average Bonchev–Trinajstić information content (AvgIpc) is 2.92. The van der Waals surface area contributed by atoms with Crippen LogP contribution in [0.2, 0.25) is 5.02 Å². The van der Waals surface area contributed by atoms with Gasteiger partial charge in [-0.25, -0.2) is 0 Å². The van der Waals surface area contributed by atoms with Crippen molar-refractivity contribution in [3.63, 3.8) is 0 Å². The van der Waals surface area contributed by atoms with E-state index in [9.17, 15) is 0 Å². The highest BCUT2D eigenvalue weighted by Crippen LogP contribution is 2.23. The summed E-state index contributed by atoms with van der Waals surface area (Å²) in [4.78, 5) is 0. The minimum absolute atomic E-state index is 0.515. The largest absolute Gasteiger partial charge is 0.488 e. The monoisotopic (exact) mass is 293 g/mol. The predicted octanol–water partition coefficient (Wildman–Crippen LogP) is 3.24. The van der Waals surface area contributed by atoms with E-state index in [0.717, 1.165) is 41.5 Å². The molecule has 0 amide bonds. The Labute approximate surface area is 124 Å². The first-order valence-electron chi connectivity index (χ1n) is 6.86. The second-order valence-electron chi connectivity index (χ2n) is 4.53. The zero-order chi connectivity index (χ0) is 14.4. The van der Waals surface area contributed by atoms with Gasteiger partial charge in [-0.1, -0.05) is 18.5 Å². The topological polar surface area (TPSA) is 39.1 Å². The summed E-state index contributed by atoms with van der Waals surface area (Å²) in [5.41, 5.74) is 2.14. The molecule has 0 fully saturated rings. The molecule has 20 heavy (non-hydrogen) atoms. The van der Waals surface area contributed by atoms with Crippen LogP contribution in [-0.4, -0.2) is 16.3 Å². The fraction of sp³-hybridized carbons (Fsp3) is 0.400. The van der Waals surface area contributed by atoms with Crippen molar-refractivity contribution < 1.29 is 4.74 Å². The van der Waals surface area contributed by atoms with Crippen LogP contribution in [0.25, 0.3) is 0 Å². The maximum atomic E-state index is 6.04. The molecule has 2 rings (SSSR count). The molecule has 0 bridgehead atoms. The number of nitrogens with one attached hydrogen (secondary N) is 1. The van der Waals surface area contributed by atoms with Crippen LogP contribution in [0.1, 0.15) is 25.0 Å². The Morgan fingerprint density at radius 3 is 2.90 bits per heavy atom. The van der Waals surface area contributed by atoms with Crippen LogP contribution in [-0.2, 0) is 19.7 Å². The minimum Gasteiger partial charge on any atom is -0.488 e. The van der Waals surface area contributed by atoms with Gasteiger partial charge >= 0.3 is 0 Å². The maximum absolute atomic E-state index is 6.04. The molecular formula is C15H20ClN3O. The Morgan fingerprint density at radius 2 is 2.20 bits per heavy atom. The molecule has 0 saturated heterocycles. The van der Waals surface area contributed by atoms with Crippen molar-refractivity contribution in [2.75, 3.05) is 6.54 Å². The molecule has 4 nitrogen and oxygen atoms in total. The summed E-state index contributed by atoms with van der Waals surface area (Å²) in [7, 11) is 0. The molecule has 0 unspecified atom stereocenters. The van der Waals surface area contributed by atoms with E-state index >= 15 is 0 Å². The Hall–Kier alpha value is -1.52. The third-order valence-corrected chi connectivity index (χ3v) is 3.23. The standard InChI is InChI=1S/C15H20ClN3O/c1-3-17-9-13-7-14(16)5-6-15(13)20-11-12-8-18-19(4-2)10-12/h5-8,10,17H,3-4,9,11H2,1-2H3. The van der Waals surface area contributed by atoms with Crippen molar-refractivity contribution in [1.29, 1.82) is 0 Å². The van der Waals surface area contributed by atoms with Crippen LogP contribution in [0, 0.1) is 0 Å².